The first-order valence-corrected chi connectivity index (χ1v) is 6.45. The minimum absolute atomic E-state index is 0.260. The van der Waals surface area contributed by atoms with Gasteiger partial charge in [-0.15, -0.1) is 0 Å². The molecule has 2 aromatic heterocycles. The van der Waals surface area contributed by atoms with E-state index in [0.717, 1.165) is 16.9 Å². The van der Waals surface area contributed by atoms with E-state index in [1.165, 1.54) is 0 Å². The summed E-state index contributed by atoms with van der Waals surface area (Å²) >= 11 is 5.86. The van der Waals surface area contributed by atoms with E-state index in [1.54, 1.807) is 24.5 Å². The molecule has 3 aromatic rings. The highest BCUT2D eigenvalue weighted by atomic mass is 35.5. The Morgan fingerprint density at radius 3 is 2.70 bits per heavy atom. The van der Waals surface area contributed by atoms with Gasteiger partial charge in [-0.1, -0.05) is 23.7 Å². The number of carboxylic acid groups (broad SMARTS) is 1. The van der Waals surface area contributed by atoms with E-state index < -0.39 is 5.97 Å². The fourth-order valence-corrected chi connectivity index (χ4v) is 2.23. The third-order valence-electron chi connectivity index (χ3n) is 3.13. The van der Waals surface area contributed by atoms with Gasteiger partial charge >= 0.3 is 5.97 Å². The molecule has 20 heavy (non-hydrogen) atoms. The predicted molar refractivity (Wildman–Crippen MR) is 76.4 cm³/mol. The first kappa shape index (κ1) is 12.7. The second-order valence-electron chi connectivity index (χ2n) is 4.49. The lowest BCUT2D eigenvalue weighted by atomic mass is 10.1. The molecule has 1 aromatic carbocycles. The molecule has 100 valence electrons. The van der Waals surface area contributed by atoms with Gasteiger partial charge in [-0.05, 0) is 29.8 Å². The number of carboxylic acids is 1. The average Bonchev–Trinajstić information content (AvgIpc) is 2.84. The summed E-state index contributed by atoms with van der Waals surface area (Å²) in [7, 11) is 0. The fourth-order valence-electron chi connectivity index (χ4n) is 2.10. The smallest absolute Gasteiger partial charge is 0.335 e. The standard InChI is InChI=1S/C15H11ClN2O2/c16-12-3-1-10(2-4-12)7-14-17-9-13-8-11(15(19)20)5-6-18(13)14/h1-6,8-9H,7H2,(H,19,20). The Balaban J connectivity index is 1.96. The van der Waals surface area contributed by atoms with Gasteiger partial charge in [-0.25, -0.2) is 9.78 Å². The molecular weight excluding hydrogens is 276 g/mol. The van der Waals surface area contributed by atoms with Crippen molar-refractivity contribution in [2.24, 2.45) is 0 Å². The number of benzene rings is 1. The predicted octanol–water partition coefficient (Wildman–Crippen LogP) is 3.28. The summed E-state index contributed by atoms with van der Waals surface area (Å²) in [6.45, 7) is 0. The number of aromatic nitrogens is 2. The molecule has 2 heterocycles. The van der Waals surface area contributed by atoms with E-state index in [-0.39, 0.29) is 5.56 Å². The van der Waals surface area contributed by atoms with Crippen molar-refractivity contribution in [2.45, 2.75) is 6.42 Å². The number of rotatable bonds is 3. The van der Waals surface area contributed by atoms with Gasteiger partial charge in [0.1, 0.15) is 5.82 Å². The van der Waals surface area contributed by atoms with Crippen LogP contribution in [0.25, 0.3) is 5.52 Å². The van der Waals surface area contributed by atoms with Crippen LogP contribution in [0.15, 0.2) is 48.8 Å². The van der Waals surface area contributed by atoms with Crippen molar-refractivity contribution < 1.29 is 9.90 Å². The van der Waals surface area contributed by atoms with Crippen molar-refractivity contribution >= 4 is 23.1 Å². The van der Waals surface area contributed by atoms with Crippen LogP contribution >= 0.6 is 11.6 Å². The van der Waals surface area contributed by atoms with Crippen LogP contribution in [-0.2, 0) is 6.42 Å². The maximum Gasteiger partial charge on any atom is 0.335 e. The second kappa shape index (κ2) is 4.98. The molecule has 0 saturated carbocycles. The van der Waals surface area contributed by atoms with Crippen molar-refractivity contribution in [3.8, 4) is 0 Å². The lowest BCUT2D eigenvalue weighted by Crippen LogP contribution is -2.00. The molecule has 1 N–H and O–H groups in total. The van der Waals surface area contributed by atoms with E-state index in [9.17, 15) is 4.79 Å². The van der Waals surface area contributed by atoms with Gasteiger partial charge in [0.15, 0.2) is 0 Å². The zero-order valence-electron chi connectivity index (χ0n) is 10.5. The highest BCUT2D eigenvalue weighted by molar-refractivity contribution is 6.30. The third-order valence-corrected chi connectivity index (χ3v) is 3.38. The largest absolute Gasteiger partial charge is 0.478 e. The van der Waals surface area contributed by atoms with E-state index >= 15 is 0 Å². The van der Waals surface area contributed by atoms with Gasteiger partial charge in [0.2, 0.25) is 0 Å². The van der Waals surface area contributed by atoms with E-state index in [4.69, 9.17) is 16.7 Å². The Hall–Kier alpha value is -2.33. The molecule has 0 aliphatic heterocycles. The van der Waals surface area contributed by atoms with Crippen molar-refractivity contribution in [3.63, 3.8) is 0 Å². The fraction of sp³-hybridized carbons (Fsp3) is 0.0667. The van der Waals surface area contributed by atoms with Crippen LogP contribution in [0.1, 0.15) is 21.7 Å². The van der Waals surface area contributed by atoms with Gasteiger partial charge in [0.25, 0.3) is 0 Å². The lowest BCUT2D eigenvalue weighted by Gasteiger charge is -2.03. The number of imidazole rings is 1. The molecule has 0 spiro atoms. The summed E-state index contributed by atoms with van der Waals surface area (Å²) in [6.07, 6.45) is 4.08. The number of carbonyl (C=O) groups is 1. The molecule has 0 aliphatic rings. The molecule has 0 atom stereocenters. The Kier molecular flexibility index (Phi) is 3.16. The van der Waals surface area contributed by atoms with Crippen LogP contribution in [0.4, 0.5) is 0 Å². The summed E-state index contributed by atoms with van der Waals surface area (Å²) in [5, 5.41) is 9.67. The number of hydrogen-bond acceptors (Lipinski definition) is 2. The summed E-state index contributed by atoms with van der Waals surface area (Å²) in [4.78, 5) is 15.3. The molecule has 0 aliphatic carbocycles. The number of hydrogen-bond donors (Lipinski definition) is 1. The number of pyridine rings is 1. The maximum absolute atomic E-state index is 10.9. The molecule has 4 nitrogen and oxygen atoms in total. The van der Waals surface area contributed by atoms with E-state index in [2.05, 4.69) is 4.98 Å². The van der Waals surface area contributed by atoms with Crippen molar-refractivity contribution in [2.75, 3.05) is 0 Å². The normalized spacial score (nSPS) is 10.8. The van der Waals surface area contributed by atoms with E-state index in [1.807, 2.05) is 28.7 Å². The van der Waals surface area contributed by atoms with Crippen molar-refractivity contribution in [1.29, 1.82) is 0 Å². The number of nitrogens with zero attached hydrogens (tertiary/aromatic N) is 2. The number of halogens is 1. The minimum atomic E-state index is -0.937. The second-order valence-corrected chi connectivity index (χ2v) is 4.93. The zero-order valence-corrected chi connectivity index (χ0v) is 11.2. The molecule has 0 bridgehead atoms. The monoisotopic (exact) mass is 286 g/mol. The molecule has 0 amide bonds. The van der Waals surface area contributed by atoms with Crippen LogP contribution < -0.4 is 0 Å². The summed E-state index contributed by atoms with van der Waals surface area (Å²) in [5.74, 6) is -0.0767. The topological polar surface area (TPSA) is 54.6 Å². The van der Waals surface area contributed by atoms with Gasteiger partial charge in [-0.2, -0.15) is 0 Å². The van der Waals surface area contributed by atoms with Gasteiger partial charge < -0.3 is 9.51 Å². The van der Waals surface area contributed by atoms with Crippen molar-refractivity contribution in [3.05, 3.63) is 70.8 Å². The maximum atomic E-state index is 10.9. The van der Waals surface area contributed by atoms with Gasteiger partial charge in [0.05, 0.1) is 17.3 Å². The van der Waals surface area contributed by atoms with Crippen LogP contribution in [0.3, 0.4) is 0 Å². The summed E-state index contributed by atoms with van der Waals surface area (Å²) in [5.41, 5.74) is 2.13. The molecule has 0 saturated heterocycles. The van der Waals surface area contributed by atoms with Crippen LogP contribution in [0, 0.1) is 0 Å². The SMILES string of the molecule is O=C(O)c1ccn2c(Cc3ccc(Cl)cc3)ncc2c1. The molecular formula is C15H11ClN2O2. The van der Waals surface area contributed by atoms with Crippen molar-refractivity contribution in [1.82, 2.24) is 9.38 Å². The van der Waals surface area contributed by atoms with E-state index in [0.29, 0.717) is 11.4 Å². The Bertz CT molecular complexity index is 778. The number of fused-ring (bicyclic) bond motifs is 1. The Morgan fingerprint density at radius 2 is 2.00 bits per heavy atom. The molecule has 0 radical (unpaired) electrons. The van der Waals surface area contributed by atoms with Crippen LogP contribution in [0.5, 0.6) is 0 Å². The van der Waals surface area contributed by atoms with Crippen LogP contribution in [0.2, 0.25) is 5.02 Å². The van der Waals surface area contributed by atoms with Gasteiger partial charge in [0, 0.05) is 17.6 Å². The zero-order chi connectivity index (χ0) is 14.1. The summed E-state index contributed by atoms with van der Waals surface area (Å²) < 4.78 is 1.89. The molecule has 3 rings (SSSR count). The average molecular weight is 287 g/mol. The molecule has 0 unspecified atom stereocenters. The molecule has 0 fully saturated rings. The Morgan fingerprint density at radius 1 is 1.25 bits per heavy atom. The Labute approximate surface area is 120 Å². The number of aromatic carboxylic acids is 1. The minimum Gasteiger partial charge on any atom is -0.478 e. The highest BCUT2D eigenvalue weighted by Crippen LogP contribution is 2.15. The summed E-state index contributed by atoms with van der Waals surface area (Å²) in [6, 6.07) is 10.8. The highest BCUT2D eigenvalue weighted by Gasteiger charge is 2.08. The quantitative estimate of drug-likeness (QED) is 0.804. The third kappa shape index (κ3) is 2.38. The first-order chi connectivity index (χ1) is 9.63. The molecule has 5 heteroatoms. The lowest BCUT2D eigenvalue weighted by molar-refractivity contribution is 0.0697. The first-order valence-electron chi connectivity index (χ1n) is 6.07. The van der Waals surface area contributed by atoms with Gasteiger partial charge in [-0.3, -0.25) is 0 Å². The van der Waals surface area contributed by atoms with Crippen LogP contribution in [-0.4, -0.2) is 20.5 Å².